The van der Waals surface area contributed by atoms with Crippen LogP contribution in [0.1, 0.15) is 29.1 Å². The summed E-state index contributed by atoms with van der Waals surface area (Å²) >= 11 is 1.56. The zero-order valence-electron chi connectivity index (χ0n) is 12.3. The van der Waals surface area contributed by atoms with Gasteiger partial charge in [-0.25, -0.2) is 9.37 Å². The summed E-state index contributed by atoms with van der Waals surface area (Å²) in [6.07, 6.45) is 5.41. The molecule has 0 aliphatic heterocycles. The van der Waals surface area contributed by atoms with E-state index < -0.39 is 0 Å². The number of hydrogen-bond donors (Lipinski definition) is 0. The van der Waals surface area contributed by atoms with Crippen molar-refractivity contribution in [3.63, 3.8) is 0 Å². The van der Waals surface area contributed by atoms with Gasteiger partial charge in [0.25, 0.3) is 0 Å². The minimum absolute atomic E-state index is 0.0162. The van der Waals surface area contributed by atoms with Crippen LogP contribution in [0.25, 0.3) is 6.08 Å². The highest BCUT2D eigenvalue weighted by atomic mass is 32.1. The molecule has 114 valence electrons. The van der Waals surface area contributed by atoms with Gasteiger partial charge in [0.15, 0.2) is 0 Å². The standard InChI is InChI=1S/C17H17FN2OS/c1-12-19-15(11-22-12)6-9-17(21)20(16-7-8-16)10-13-2-4-14(18)5-3-13/h2-6,9,11,16H,7-8,10H2,1H3. The van der Waals surface area contributed by atoms with E-state index in [0.29, 0.717) is 12.6 Å². The third-order valence-corrected chi connectivity index (χ3v) is 4.36. The first-order valence-electron chi connectivity index (χ1n) is 7.27. The molecule has 1 heterocycles. The summed E-state index contributed by atoms with van der Waals surface area (Å²) in [6, 6.07) is 6.62. The molecular weight excluding hydrogens is 299 g/mol. The molecule has 1 amide bonds. The summed E-state index contributed by atoms with van der Waals surface area (Å²) in [6.45, 7) is 2.46. The molecule has 2 aromatic rings. The zero-order chi connectivity index (χ0) is 15.5. The van der Waals surface area contributed by atoms with E-state index in [4.69, 9.17) is 0 Å². The number of amides is 1. The Kier molecular flexibility index (Phi) is 4.34. The summed E-state index contributed by atoms with van der Waals surface area (Å²) in [7, 11) is 0. The monoisotopic (exact) mass is 316 g/mol. The van der Waals surface area contributed by atoms with Crippen LogP contribution in [0.3, 0.4) is 0 Å². The summed E-state index contributed by atoms with van der Waals surface area (Å²) in [5.74, 6) is -0.274. The predicted octanol–water partition coefficient (Wildman–Crippen LogP) is 3.80. The molecule has 0 spiro atoms. The van der Waals surface area contributed by atoms with Gasteiger partial charge in [-0.05, 0) is 43.5 Å². The first kappa shape index (κ1) is 14.9. The lowest BCUT2D eigenvalue weighted by molar-refractivity contribution is -0.127. The molecule has 0 saturated heterocycles. The van der Waals surface area contributed by atoms with Gasteiger partial charge in [-0.3, -0.25) is 4.79 Å². The van der Waals surface area contributed by atoms with E-state index in [1.165, 1.54) is 12.1 Å². The van der Waals surface area contributed by atoms with Crippen molar-refractivity contribution in [3.8, 4) is 0 Å². The molecule has 5 heteroatoms. The SMILES string of the molecule is Cc1nc(C=CC(=O)N(Cc2ccc(F)cc2)C2CC2)cs1. The Labute approximate surface area is 133 Å². The third-order valence-electron chi connectivity index (χ3n) is 3.57. The van der Waals surface area contributed by atoms with Crippen LogP contribution in [0.15, 0.2) is 35.7 Å². The van der Waals surface area contributed by atoms with Gasteiger partial charge in [0.2, 0.25) is 5.91 Å². The molecular formula is C17H17FN2OS. The van der Waals surface area contributed by atoms with Crippen molar-refractivity contribution in [1.82, 2.24) is 9.88 Å². The Balaban J connectivity index is 1.69. The van der Waals surface area contributed by atoms with E-state index in [1.807, 2.05) is 17.2 Å². The quantitative estimate of drug-likeness (QED) is 0.786. The number of nitrogens with zero attached hydrogens (tertiary/aromatic N) is 2. The number of aryl methyl sites for hydroxylation is 1. The van der Waals surface area contributed by atoms with Crippen LogP contribution in [0, 0.1) is 12.7 Å². The summed E-state index contributed by atoms with van der Waals surface area (Å²) in [5.41, 5.74) is 1.76. The van der Waals surface area contributed by atoms with Crippen LogP contribution in [-0.4, -0.2) is 21.8 Å². The Hall–Kier alpha value is -2.01. The maximum Gasteiger partial charge on any atom is 0.247 e. The lowest BCUT2D eigenvalue weighted by atomic mass is 10.2. The van der Waals surface area contributed by atoms with Crippen molar-refractivity contribution in [1.29, 1.82) is 0 Å². The molecule has 1 fully saturated rings. The summed E-state index contributed by atoms with van der Waals surface area (Å²) in [5, 5.41) is 2.91. The molecule has 0 bridgehead atoms. The van der Waals surface area contributed by atoms with Gasteiger partial charge in [-0.2, -0.15) is 0 Å². The van der Waals surface area contributed by atoms with Crippen LogP contribution in [0.2, 0.25) is 0 Å². The molecule has 0 N–H and O–H groups in total. The van der Waals surface area contributed by atoms with E-state index in [1.54, 1.807) is 35.6 Å². The van der Waals surface area contributed by atoms with Gasteiger partial charge < -0.3 is 4.90 Å². The largest absolute Gasteiger partial charge is 0.332 e. The molecule has 0 radical (unpaired) electrons. The van der Waals surface area contributed by atoms with Gasteiger partial charge in [0.05, 0.1) is 10.7 Å². The highest BCUT2D eigenvalue weighted by molar-refractivity contribution is 7.09. The average Bonchev–Trinajstić information content (AvgIpc) is 3.26. The second-order valence-corrected chi connectivity index (χ2v) is 6.51. The van der Waals surface area contributed by atoms with E-state index in [9.17, 15) is 9.18 Å². The van der Waals surface area contributed by atoms with Crippen molar-refractivity contribution >= 4 is 23.3 Å². The molecule has 1 saturated carbocycles. The molecule has 1 aliphatic rings. The molecule has 0 atom stereocenters. The number of hydrogen-bond acceptors (Lipinski definition) is 3. The van der Waals surface area contributed by atoms with Gasteiger partial charge >= 0.3 is 0 Å². The second-order valence-electron chi connectivity index (χ2n) is 5.45. The Morgan fingerprint density at radius 2 is 2.14 bits per heavy atom. The summed E-state index contributed by atoms with van der Waals surface area (Å²) in [4.78, 5) is 18.6. The van der Waals surface area contributed by atoms with Crippen molar-refractivity contribution in [3.05, 3.63) is 57.8 Å². The van der Waals surface area contributed by atoms with Crippen LogP contribution in [0.5, 0.6) is 0 Å². The maximum atomic E-state index is 13.0. The molecule has 0 unspecified atom stereocenters. The number of halogens is 1. The molecule has 3 rings (SSSR count). The Morgan fingerprint density at radius 1 is 1.41 bits per heavy atom. The average molecular weight is 316 g/mol. The van der Waals surface area contributed by atoms with Gasteiger partial charge in [0, 0.05) is 24.0 Å². The van der Waals surface area contributed by atoms with E-state index in [0.717, 1.165) is 29.1 Å². The van der Waals surface area contributed by atoms with Gasteiger partial charge in [-0.1, -0.05) is 12.1 Å². The first-order chi connectivity index (χ1) is 10.6. The van der Waals surface area contributed by atoms with Gasteiger partial charge in [-0.15, -0.1) is 11.3 Å². The van der Waals surface area contributed by atoms with Crippen LogP contribution >= 0.6 is 11.3 Å². The van der Waals surface area contributed by atoms with Crippen LogP contribution in [0.4, 0.5) is 4.39 Å². The highest BCUT2D eigenvalue weighted by Gasteiger charge is 2.31. The lowest BCUT2D eigenvalue weighted by Crippen LogP contribution is -2.31. The molecule has 1 aromatic heterocycles. The minimum Gasteiger partial charge on any atom is -0.332 e. The second kappa shape index (κ2) is 6.40. The van der Waals surface area contributed by atoms with E-state index in [2.05, 4.69) is 4.98 Å². The van der Waals surface area contributed by atoms with Crippen LogP contribution < -0.4 is 0 Å². The van der Waals surface area contributed by atoms with Crippen LogP contribution in [-0.2, 0) is 11.3 Å². The Bertz CT molecular complexity index is 689. The highest BCUT2D eigenvalue weighted by Crippen LogP contribution is 2.28. The van der Waals surface area contributed by atoms with Crippen molar-refractivity contribution in [2.75, 3.05) is 0 Å². The number of aromatic nitrogens is 1. The molecule has 3 nitrogen and oxygen atoms in total. The molecule has 1 aromatic carbocycles. The van der Waals surface area contributed by atoms with E-state index >= 15 is 0 Å². The molecule has 1 aliphatic carbocycles. The van der Waals surface area contributed by atoms with Crippen molar-refractivity contribution < 1.29 is 9.18 Å². The fourth-order valence-corrected chi connectivity index (χ4v) is 2.85. The minimum atomic E-state index is -0.258. The Morgan fingerprint density at radius 3 is 2.73 bits per heavy atom. The van der Waals surface area contributed by atoms with E-state index in [-0.39, 0.29) is 11.7 Å². The lowest BCUT2D eigenvalue weighted by Gasteiger charge is -2.21. The number of carbonyl (C=O) groups is 1. The van der Waals surface area contributed by atoms with Gasteiger partial charge in [0.1, 0.15) is 5.82 Å². The fraction of sp³-hybridized carbons (Fsp3) is 0.294. The van der Waals surface area contributed by atoms with Crippen molar-refractivity contribution in [2.45, 2.75) is 32.4 Å². The fourth-order valence-electron chi connectivity index (χ4n) is 2.27. The summed E-state index contributed by atoms with van der Waals surface area (Å²) < 4.78 is 13.0. The normalized spacial score (nSPS) is 14.5. The topological polar surface area (TPSA) is 33.2 Å². The number of rotatable bonds is 5. The number of carbonyl (C=O) groups excluding carboxylic acids is 1. The molecule has 22 heavy (non-hydrogen) atoms. The number of thiazole rings is 1. The maximum absolute atomic E-state index is 13.0. The first-order valence-corrected chi connectivity index (χ1v) is 8.15. The smallest absolute Gasteiger partial charge is 0.247 e. The van der Waals surface area contributed by atoms with Crippen molar-refractivity contribution in [2.24, 2.45) is 0 Å². The zero-order valence-corrected chi connectivity index (χ0v) is 13.1. The number of benzene rings is 1. The third kappa shape index (κ3) is 3.80. The predicted molar refractivity (Wildman–Crippen MR) is 85.9 cm³/mol.